The SMILES string of the molecule is Cc1ccccc1CCC(=O)NC1CCCC1CBr. The van der Waals surface area contributed by atoms with Crippen molar-refractivity contribution >= 4 is 21.8 Å². The first-order valence-electron chi connectivity index (χ1n) is 7.10. The van der Waals surface area contributed by atoms with E-state index in [-0.39, 0.29) is 5.91 Å². The number of aryl methyl sites for hydroxylation is 2. The molecule has 3 heteroatoms. The molecule has 0 radical (unpaired) electrons. The molecule has 2 unspecified atom stereocenters. The van der Waals surface area contributed by atoms with Gasteiger partial charge < -0.3 is 5.32 Å². The van der Waals surface area contributed by atoms with Gasteiger partial charge in [-0.2, -0.15) is 0 Å². The molecule has 1 N–H and O–H groups in total. The van der Waals surface area contributed by atoms with Gasteiger partial charge in [0.05, 0.1) is 0 Å². The minimum Gasteiger partial charge on any atom is -0.353 e. The summed E-state index contributed by atoms with van der Waals surface area (Å²) in [5.41, 5.74) is 2.55. The summed E-state index contributed by atoms with van der Waals surface area (Å²) < 4.78 is 0. The Kier molecular flexibility index (Phi) is 5.44. The number of halogens is 1. The predicted molar refractivity (Wildman–Crippen MR) is 82.6 cm³/mol. The molecular formula is C16H22BrNO. The Morgan fingerprint density at radius 3 is 2.89 bits per heavy atom. The van der Waals surface area contributed by atoms with Crippen molar-refractivity contribution < 1.29 is 4.79 Å². The van der Waals surface area contributed by atoms with Crippen molar-refractivity contribution in [3.05, 3.63) is 35.4 Å². The minimum absolute atomic E-state index is 0.195. The van der Waals surface area contributed by atoms with Crippen LogP contribution in [0.4, 0.5) is 0 Å². The fourth-order valence-corrected chi connectivity index (χ4v) is 3.60. The van der Waals surface area contributed by atoms with Gasteiger partial charge in [-0.25, -0.2) is 0 Å². The second kappa shape index (κ2) is 7.09. The summed E-state index contributed by atoms with van der Waals surface area (Å²) in [4.78, 5) is 12.0. The summed E-state index contributed by atoms with van der Waals surface area (Å²) in [5.74, 6) is 0.809. The van der Waals surface area contributed by atoms with E-state index in [1.165, 1.54) is 24.0 Å². The van der Waals surface area contributed by atoms with Crippen LogP contribution in [0.5, 0.6) is 0 Å². The van der Waals surface area contributed by atoms with Gasteiger partial charge in [0, 0.05) is 17.8 Å². The van der Waals surface area contributed by atoms with Crippen LogP contribution in [0.1, 0.15) is 36.8 Å². The molecule has 1 aromatic rings. The molecule has 0 aliphatic heterocycles. The van der Waals surface area contributed by atoms with Crippen molar-refractivity contribution in [2.75, 3.05) is 5.33 Å². The zero-order valence-corrected chi connectivity index (χ0v) is 13.1. The van der Waals surface area contributed by atoms with Crippen LogP contribution in [-0.4, -0.2) is 17.3 Å². The van der Waals surface area contributed by atoms with Gasteiger partial charge in [-0.3, -0.25) is 4.79 Å². The molecule has 0 bridgehead atoms. The molecule has 0 spiro atoms. The molecule has 2 nitrogen and oxygen atoms in total. The molecule has 1 fully saturated rings. The Labute approximate surface area is 124 Å². The summed E-state index contributed by atoms with van der Waals surface area (Å²) in [7, 11) is 0. The van der Waals surface area contributed by atoms with E-state index in [1.807, 2.05) is 12.1 Å². The van der Waals surface area contributed by atoms with Gasteiger partial charge in [0.2, 0.25) is 5.91 Å². The van der Waals surface area contributed by atoms with Crippen LogP contribution < -0.4 is 5.32 Å². The molecule has 1 amide bonds. The number of hydrogen-bond acceptors (Lipinski definition) is 1. The van der Waals surface area contributed by atoms with Gasteiger partial charge in [0.25, 0.3) is 0 Å². The maximum absolute atomic E-state index is 12.0. The lowest BCUT2D eigenvalue weighted by molar-refractivity contribution is -0.121. The highest BCUT2D eigenvalue weighted by Gasteiger charge is 2.27. The van der Waals surface area contributed by atoms with Crippen LogP contribution >= 0.6 is 15.9 Å². The number of benzene rings is 1. The van der Waals surface area contributed by atoms with E-state index >= 15 is 0 Å². The third-order valence-electron chi connectivity index (χ3n) is 4.09. The second-order valence-corrected chi connectivity index (χ2v) is 6.09. The fourth-order valence-electron chi connectivity index (χ4n) is 2.83. The van der Waals surface area contributed by atoms with Crippen molar-refractivity contribution in [3.63, 3.8) is 0 Å². The van der Waals surface area contributed by atoms with Gasteiger partial charge in [-0.15, -0.1) is 0 Å². The number of alkyl halides is 1. The molecule has 2 rings (SSSR count). The lowest BCUT2D eigenvalue weighted by atomic mass is 10.0. The predicted octanol–water partition coefficient (Wildman–Crippen LogP) is 3.61. The first-order valence-corrected chi connectivity index (χ1v) is 8.22. The van der Waals surface area contributed by atoms with Crippen molar-refractivity contribution in [2.24, 2.45) is 5.92 Å². The first kappa shape index (κ1) is 14.6. The standard InChI is InChI=1S/C16H22BrNO/c1-12-5-2-3-6-13(12)9-10-16(19)18-15-8-4-7-14(15)11-17/h2-3,5-6,14-15H,4,7-11H2,1H3,(H,18,19). The third-order valence-corrected chi connectivity index (χ3v) is 4.92. The van der Waals surface area contributed by atoms with Crippen LogP contribution in [0, 0.1) is 12.8 Å². The van der Waals surface area contributed by atoms with Gasteiger partial charge in [-0.05, 0) is 43.2 Å². The molecule has 0 heterocycles. The quantitative estimate of drug-likeness (QED) is 0.824. The average Bonchev–Trinajstić information content (AvgIpc) is 2.85. The smallest absolute Gasteiger partial charge is 0.220 e. The Bertz CT molecular complexity index is 433. The van der Waals surface area contributed by atoms with E-state index in [0.29, 0.717) is 18.4 Å². The lowest BCUT2D eigenvalue weighted by Gasteiger charge is -2.19. The van der Waals surface area contributed by atoms with E-state index in [1.54, 1.807) is 0 Å². The first-order chi connectivity index (χ1) is 9.20. The molecule has 19 heavy (non-hydrogen) atoms. The number of rotatable bonds is 5. The lowest BCUT2D eigenvalue weighted by Crippen LogP contribution is -2.38. The van der Waals surface area contributed by atoms with Crippen LogP contribution in [0.3, 0.4) is 0 Å². The van der Waals surface area contributed by atoms with Crippen LogP contribution in [-0.2, 0) is 11.2 Å². The molecule has 0 saturated heterocycles. The van der Waals surface area contributed by atoms with Crippen molar-refractivity contribution in [1.82, 2.24) is 5.32 Å². The van der Waals surface area contributed by atoms with E-state index in [9.17, 15) is 4.79 Å². The molecule has 1 saturated carbocycles. The Balaban J connectivity index is 1.80. The molecular weight excluding hydrogens is 302 g/mol. The number of carbonyl (C=O) groups is 1. The number of amides is 1. The third kappa shape index (κ3) is 4.07. The Morgan fingerprint density at radius 1 is 1.37 bits per heavy atom. The summed E-state index contributed by atoms with van der Waals surface area (Å²) in [5, 5.41) is 4.20. The van der Waals surface area contributed by atoms with Gasteiger partial charge >= 0.3 is 0 Å². The maximum atomic E-state index is 12.0. The zero-order valence-electron chi connectivity index (χ0n) is 11.5. The highest BCUT2D eigenvalue weighted by molar-refractivity contribution is 9.09. The topological polar surface area (TPSA) is 29.1 Å². The highest BCUT2D eigenvalue weighted by atomic mass is 79.9. The van der Waals surface area contributed by atoms with Gasteiger partial charge in [-0.1, -0.05) is 46.6 Å². The largest absolute Gasteiger partial charge is 0.353 e. The number of carbonyl (C=O) groups excluding carboxylic acids is 1. The van der Waals surface area contributed by atoms with Crippen molar-refractivity contribution in [1.29, 1.82) is 0 Å². The monoisotopic (exact) mass is 323 g/mol. The summed E-state index contributed by atoms with van der Waals surface area (Å²) >= 11 is 3.54. The second-order valence-electron chi connectivity index (χ2n) is 5.45. The van der Waals surface area contributed by atoms with E-state index in [4.69, 9.17) is 0 Å². The van der Waals surface area contributed by atoms with Crippen molar-refractivity contribution in [3.8, 4) is 0 Å². The normalized spacial score (nSPS) is 22.4. The summed E-state index contributed by atoms with van der Waals surface area (Å²) in [6.45, 7) is 2.10. The van der Waals surface area contributed by atoms with Crippen molar-refractivity contribution in [2.45, 2.75) is 45.1 Å². The summed E-state index contributed by atoms with van der Waals surface area (Å²) in [6.07, 6.45) is 5.03. The van der Waals surface area contributed by atoms with Crippen LogP contribution in [0.15, 0.2) is 24.3 Å². The van der Waals surface area contributed by atoms with E-state index in [0.717, 1.165) is 18.2 Å². The molecule has 0 aromatic heterocycles. The van der Waals surface area contributed by atoms with Gasteiger partial charge in [0.1, 0.15) is 0 Å². The molecule has 1 aliphatic carbocycles. The Hall–Kier alpha value is -0.830. The zero-order chi connectivity index (χ0) is 13.7. The van der Waals surface area contributed by atoms with E-state index in [2.05, 4.69) is 40.3 Å². The number of hydrogen-bond donors (Lipinski definition) is 1. The average molecular weight is 324 g/mol. The molecule has 2 atom stereocenters. The summed E-state index contributed by atoms with van der Waals surface area (Å²) in [6, 6.07) is 8.67. The molecule has 1 aliphatic rings. The van der Waals surface area contributed by atoms with Crippen LogP contribution in [0.2, 0.25) is 0 Å². The van der Waals surface area contributed by atoms with E-state index < -0.39 is 0 Å². The highest BCUT2D eigenvalue weighted by Crippen LogP contribution is 2.27. The van der Waals surface area contributed by atoms with Crippen LogP contribution in [0.25, 0.3) is 0 Å². The Morgan fingerprint density at radius 2 is 2.16 bits per heavy atom. The minimum atomic E-state index is 0.195. The number of nitrogens with one attached hydrogen (secondary N) is 1. The maximum Gasteiger partial charge on any atom is 0.220 e. The molecule has 1 aromatic carbocycles. The fraction of sp³-hybridized carbons (Fsp3) is 0.562. The molecule has 104 valence electrons. The van der Waals surface area contributed by atoms with Gasteiger partial charge in [0.15, 0.2) is 0 Å².